The van der Waals surface area contributed by atoms with E-state index in [0.29, 0.717) is 23.3 Å². The summed E-state index contributed by atoms with van der Waals surface area (Å²) in [5.41, 5.74) is 5.70. The van der Waals surface area contributed by atoms with Gasteiger partial charge in [0.25, 0.3) is 5.91 Å². The number of ketones is 1. The zero-order chi connectivity index (χ0) is 25.1. The fraction of sp³-hybridized carbons (Fsp3) is 0.194. The molecule has 1 N–H and O–H groups in total. The highest BCUT2D eigenvalue weighted by molar-refractivity contribution is 6.16. The van der Waals surface area contributed by atoms with Gasteiger partial charge in [-0.1, -0.05) is 54.6 Å². The maximum absolute atomic E-state index is 13.8. The number of hydrogen-bond acceptors (Lipinski definition) is 4. The van der Waals surface area contributed by atoms with E-state index < -0.39 is 6.04 Å². The highest BCUT2D eigenvalue weighted by Crippen LogP contribution is 2.41. The number of rotatable bonds is 7. The number of Topliss-reactive ketones (excluding diaryl/α,β-unsaturated/α-hetero) is 1. The fourth-order valence-corrected chi connectivity index (χ4v) is 4.97. The average Bonchev–Trinajstić information content (AvgIpc) is 3.15. The maximum Gasteiger partial charge on any atom is 0.251 e. The number of aliphatic imine (C=N–C) groups is 1. The summed E-state index contributed by atoms with van der Waals surface area (Å²) >= 11 is 0. The fourth-order valence-electron chi connectivity index (χ4n) is 4.97. The van der Waals surface area contributed by atoms with Gasteiger partial charge in [-0.15, -0.1) is 0 Å². The Kier molecular flexibility index (Phi) is 6.63. The first kappa shape index (κ1) is 23.5. The van der Waals surface area contributed by atoms with Gasteiger partial charge in [0.1, 0.15) is 5.75 Å². The molecule has 2 aliphatic rings. The third-order valence-electron chi connectivity index (χ3n) is 6.79. The van der Waals surface area contributed by atoms with Gasteiger partial charge in [-0.25, -0.2) is 0 Å². The topological polar surface area (TPSA) is 70.0 Å². The van der Waals surface area contributed by atoms with Crippen LogP contribution in [0.3, 0.4) is 0 Å². The smallest absolute Gasteiger partial charge is 0.251 e. The molecule has 1 amide bonds. The van der Waals surface area contributed by atoms with Crippen molar-refractivity contribution in [3.05, 3.63) is 124 Å². The molecule has 0 saturated carbocycles. The molecule has 0 fully saturated rings. The summed E-state index contributed by atoms with van der Waals surface area (Å²) in [4.78, 5) is 33.4. The number of phenols is 1. The van der Waals surface area contributed by atoms with Crippen LogP contribution in [0, 0.1) is 0 Å². The summed E-state index contributed by atoms with van der Waals surface area (Å²) in [5, 5.41) is 9.70. The predicted molar refractivity (Wildman–Crippen MR) is 141 cm³/mol. The Morgan fingerprint density at radius 1 is 1.00 bits per heavy atom. The molecule has 2 aliphatic heterocycles. The Hall–Kier alpha value is -4.25. The molecule has 5 nitrogen and oxygen atoms in total. The van der Waals surface area contributed by atoms with Gasteiger partial charge in [-0.05, 0) is 72.7 Å². The monoisotopic (exact) mass is 476 g/mol. The second kappa shape index (κ2) is 10.2. The number of carbonyl (C=O) groups is 2. The van der Waals surface area contributed by atoms with Gasteiger partial charge in [-0.2, -0.15) is 0 Å². The van der Waals surface area contributed by atoms with Crippen LogP contribution in [-0.4, -0.2) is 34.5 Å². The molecule has 3 aromatic carbocycles. The van der Waals surface area contributed by atoms with Crippen LogP contribution in [0.25, 0.3) is 0 Å². The van der Waals surface area contributed by atoms with E-state index in [4.69, 9.17) is 0 Å². The molecule has 5 heteroatoms. The number of carbonyl (C=O) groups excluding carboxylic acids is 2. The Balaban J connectivity index is 1.55. The molecule has 0 aliphatic carbocycles. The molecule has 3 aromatic rings. The molecule has 0 radical (unpaired) electrons. The number of aromatic hydroxyl groups is 1. The van der Waals surface area contributed by atoms with Gasteiger partial charge in [0, 0.05) is 35.7 Å². The lowest BCUT2D eigenvalue weighted by atomic mass is 9.90. The summed E-state index contributed by atoms with van der Waals surface area (Å²) in [6.45, 7) is 2.16. The van der Waals surface area contributed by atoms with Gasteiger partial charge < -0.3 is 10.0 Å². The van der Waals surface area contributed by atoms with Crippen LogP contribution in [0.4, 0.5) is 0 Å². The molecule has 0 spiro atoms. The molecule has 0 bridgehead atoms. The molecule has 1 atom stereocenters. The van der Waals surface area contributed by atoms with Gasteiger partial charge in [0.05, 0.1) is 6.04 Å². The van der Waals surface area contributed by atoms with Crippen molar-refractivity contribution < 1.29 is 14.7 Å². The number of nitrogens with zero attached hydrogens (tertiary/aromatic N) is 2. The molecular weight excluding hydrogens is 448 g/mol. The van der Waals surface area contributed by atoms with E-state index in [1.807, 2.05) is 42.7 Å². The molecule has 1 unspecified atom stereocenters. The lowest BCUT2D eigenvalue weighted by Gasteiger charge is -2.29. The number of amides is 1. The number of phenolic OH excluding ortho intramolecular Hbond substituents is 1. The Morgan fingerprint density at radius 3 is 2.47 bits per heavy atom. The van der Waals surface area contributed by atoms with Crippen molar-refractivity contribution in [3.63, 3.8) is 0 Å². The predicted octanol–water partition coefficient (Wildman–Crippen LogP) is 5.81. The van der Waals surface area contributed by atoms with E-state index in [0.717, 1.165) is 36.0 Å². The van der Waals surface area contributed by atoms with Crippen LogP contribution < -0.4 is 0 Å². The first-order valence-electron chi connectivity index (χ1n) is 12.2. The second-order valence-corrected chi connectivity index (χ2v) is 9.32. The van der Waals surface area contributed by atoms with E-state index in [2.05, 4.69) is 29.3 Å². The molecule has 5 rings (SSSR count). The summed E-state index contributed by atoms with van der Waals surface area (Å²) in [6, 6.07) is 24.1. The minimum absolute atomic E-state index is 0.0938. The average molecular weight is 477 g/mol. The minimum atomic E-state index is -0.499. The number of benzene rings is 3. The van der Waals surface area contributed by atoms with E-state index in [-0.39, 0.29) is 17.4 Å². The van der Waals surface area contributed by atoms with E-state index in [1.54, 1.807) is 24.0 Å². The third-order valence-corrected chi connectivity index (χ3v) is 6.79. The molecular formula is C31H28N2O3. The zero-order valence-electron chi connectivity index (χ0n) is 20.2. The quantitative estimate of drug-likeness (QED) is 0.437. The van der Waals surface area contributed by atoms with Crippen molar-refractivity contribution in [1.82, 2.24) is 4.90 Å². The Bertz CT molecular complexity index is 1380. The SMILES string of the molecule is CC1=C(C(=O)c2ccc(O)cc2)C(c2cccc(Cc3ccccc3)c2)N(CC2=CN=CCC2)C1=O. The molecule has 0 saturated heterocycles. The standard InChI is InChI=1S/C31H28N2O3/c1-21-28(30(35)25-12-14-27(34)15-13-25)29(33(31(21)36)20-24-10-6-16-32-19-24)26-11-5-9-23(18-26)17-22-7-3-2-4-8-22/h2-5,7-9,11-16,18-19,29,34H,6,10,17,20H2,1H3. The highest BCUT2D eigenvalue weighted by Gasteiger charge is 2.41. The molecule has 0 aromatic heterocycles. The van der Waals surface area contributed by atoms with E-state index in [9.17, 15) is 14.7 Å². The maximum atomic E-state index is 13.8. The van der Waals surface area contributed by atoms with E-state index in [1.165, 1.54) is 17.7 Å². The molecule has 36 heavy (non-hydrogen) atoms. The Labute approximate surface area is 211 Å². The molecule has 180 valence electrons. The van der Waals surface area contributed by atoms with Crippen molar-refractivity contribution in [2.75, 3.05) is 6.54 Å². The molecule has 2 heterocycles. The number of hydrogen-bond donors (Lipinski definition) is 1. The first-order valence-corrected chi connectivity index (χ1v) is 12.2. The zero-order valence-corrected chi connectivity index (χ0v) is 20.2. The van der Waals surface area contributed by atoms with Crippen LogP contribution in [0.15, 0.2) is 107 Å². The van der Waals surface area contributed by atoms with Crippen LogP contribution in [0.5, 0.6) is 5.75 Å². The summed E-state index contributed by atoms with van der Waals surface area (Å²) in [7, 11) is 0. The van der Waals surface area contributed by atoms with Gasteiger partial charge in [0.2, 0.25) is 0 Å². The van der Waals surface area contributed by atoms with Crippen LogP contribution >= 0.6 is 0 Å². The Morgan fingerprint density at radius 2 is 1.75 bits per heavy atom. The summed E-state index contributed by atoms with van der Waals surface area (Å²) < 4.78 is 0. The van der Waals surface area contributed by atoms with Gasteiger partial charge in [-0.3, -0.25) is 14.6 Å². The lowest BCUT2D eigenvalue weighted by Crippen LogP contribution is -2.33. The van der Waals surface area contributed by atoms with Crippen molar-refractivity contribution in [3.8, 4) is 5.75 Å². The summed E-state index contributed by atoms with van der Waals surface area (Å²) in [6.07, 6.45) is 6.15. The third kappa shape index (κ3) is 4.78. The highest BCUT2D eigenvalue weighted by atomic mass is 16.3. The lowest BCUT2D eigenvalue weighted by molar-refractivity contribution is -0.126. The first-order chi connectivity index (χ1) is 17.5. The minimum Gasteiger partial charge on any atom is -0.508 e. The van der Waals surface area contributed by atoms with Gasteiger partial charge in [0.15, 0.2) is 5.78 Å². The van der Waals surface area contributed by atoms with Crippen molar-refractivity contribution in [2.45, 2.75) is 32.2 Å². The van der Waals surface area contributed by atoms with E-state index >= 15 is 0 Å². The van der Waals surface area contributed by atoms with Crippen molar-refractivity contribution >= 4 is 17.9 Å². The van der Waals surface area contributed by atoms with Crippen LogP contribution in [0.2, 0.25) is 0 Å². The van der Waals surface area contributed by atoms with Crippen molar-refractivity contribution in [2.24, 2.45) is 4.99 Å². The largest absolute Gasteiger partial charge is 0.508 e. The van der Waals surface area contributed by atoms with Crippen LogP contribution in [-0.2, 0) is 11.2 Å². The van der Waals surface area contributed by atoms with Crippen LogP contribution in [0.1, 0.15) is 52.9 Å². The second-order valence-electron chi connectivity index (χ2n) is 9.32. The van der Waals surface area contributed by atoms with Crippen molar-refractivity contribution in [1.29, 1.82) is 0 Å². The van der Waals surface area contributed by atoms with Gasteiger partial charge >= 0.3 is 0 Å². The normalized spacial score (nSPS) is 17.5. The summed E-state index contributed by atoms with van der Waals surface area (Å²) in [5.74, 6) is -0.236.